The van der Waals surface area contributed by atoms with Crippen molar-refractivity contribution < 1.29 is 5.11 Å². The molecule has 0 aliphatic rings. The van der Waals surface area contributed by atoms with Crippen LogP contribution in [0.25, 0.3) is 0 Å². The summed E-state index contributed by atoms with van der Waals surface area (Å²) in [6.45, 7) is 2.10. The Kier molecular flexibility index (Phi) is 5.65. The molecular weight excluding hydrogens is 159 g/mol. The topological polar surface area (TPSA) is 20.2 Å². The summed E-state index contributed by atoms with van der Waals surface area (Å²) in [6.07, 6.45) is 1.44. The van der Waals surface area contributed by atoms with E-state index >= 15 is 0 Å². The summed E-state index contributed by atoms with van der Waals surface area (Å²) in [5.74, 6) is 0. The van der Waals surface area contributed by atoms with Gasteiger partial charge in [-0.15, -0.1) is 23.2 Å². The molecule has 1 N–H and O–H groups in total. The van der Waals surface area contributed by atoms with Crippen LogP contribution in [-0.4, -0.2) is 22.5 Å². The maximum atomic E-state index is 8.44. The minimum absolute atomic E-state index is 0.00110. The molecule has 1 nitrogen and oxygen atoms in total. The first-order valence-corrected chi connectivity index (χ1v) is 3.98. The Balaban J connectivity index is 3.32. The molecule has 0 bridgehead atoms. The minimum atomic E-state index is -0.0818. The molecule has 3 heteroatoms. The fourth-order valence-corrected chi connectivity index (χ4v) is 0.962. The second-order valence-electron chi connectivity index (χ2n) is 1.95. The summed E-state index contributed by atoms with van der Waals surface area (Å²) in [4.78, 5) is 0. The molecule has 0 amide bonds. The SMILES string of the molecule is CC[C@@H](Cl)[C@@H](Cl)CCO. The van der Waals surface area contributed by atoms with Crippen molar-refractivity contribution in [3.05, 3.63) is 0 Å². The van der Waals surface area contributed by atoms with Crippen molar-refractivity contribution in [1.29, 1.82) is 0 Å². The maximum absolute atomic E-state index is 8.44. The number of hydrogen-bond acceptors (Lipinski definition) is 1. The van der Waals surface area contributed by atoms with Crippen molar-refractivity contribution >= 4 is 23.2 Å². The molecule has 0 heterocycles. The average molecular weight is 171 g/mol. The van der Waals surface area contributed by atoms with Gasteiger partial charge in [-0.05, 0) is 12.8 Å². The third kappa shape index (κ3) is 4.01. The van der Waals surface area contributed by atoms with Gasteiger partial charge in [0.15, 0.2) is 0 Å². The molecular formula is C6H12Cl2O. The summed E-state index contributed by atoms with van der Waals surface area (Å²) < 4.78 is 0. The van der Waals surface area contributed by atoms with Crippen molar-refractivity contribution in [3.63, 3.8) is 0 Å². The lowest BCUT2D eigenvalue weighted by atomic mass is 10.2. The van der Waals surface area contributed by atoms with Gasteiger partial charge >= 0.3 is 0 Å². The average Bonchev–Trinajstić information content (AvgIpc) is 1.87. The molecule has 0 aromatic rings. The Hall–Kier alpha value is 0.540. The highest BCUT2D eigenvalue weighted by molar-refractivity contribution is 6.29. The zero-order chi connectivity index (χ0) is 7.28. The molecule has 0 radical (unpaired) electrons. The second kappa shape index (κ2) is 5.33. The van der Waals surface area contributed by atoms with E-state index in [1.165, 1.54) is 0 Å². The Morgan fingerprint density at radius 2 is 1.89 bits per heavy atom. The molecule has 0 unspecified atom stereocenters. The third-order valence-corrected chi connectivity index (χ3v) is 2.45. The lowest BCUT2D eigenvalue weighted by Gasteiger charge is -2.11. The largest absolute Gasteiger partial charge is 0.396 e. The molecule has 0 aliphatic carbocycles. The molecule has 0 saturated heterocycles. The van der Waals surface area contributed by atoms with Gasteiger partial charge in [0.2, 0.25) is 0 Å². The van der Waals surface area contributed by atoms with Crippen LogP contribution in [0, 0.1) is 0 Å². The second-order valence-corrected chi connectivity index (χ2v) is 3.07. The summed E-state index contributed by atoms with van der Waals surface area (Å²) in [7, 11) is 0. The van der Waals surface area contributed by atoms with Crippen LogP contribution in [-0.2, 0) is 0 Å². The highest BCUT2D eigenvalue weighted by atomic mass is 35.5. The highest BCUT2D eigenvalue weighted by Crippen LogP contribution is 2.15. The number of rotatable bonds is 4. The first-order valence-electron chi connectivity index (χ1n) is 3.11. The number of halogens is 2. The van der Waals surface area contributed by atoms with Gasteiger partial charge in [-0.3, -0.25) is 0 Å². The van der Waals surface area contributed by atoms with E-state index < -0.39 is 0 Å². The van der Waals surface area contributed by atoms with Crippen LogP contribution < -0.4 is 0 Å². The predicted molar refractivity (Wildman–Crippen MR) is 41.3 cm³/mol. The quantitative estimate of drug-likeness (QED) is 0.641. The first-order chi connectivity index (χ1) is 4.22. The fourth-order valence-electron chi connectivity index (χ4n) is 0.560. The molecule has 9 heavy (non-hydrogen) atoms. The van der Waals surface area contributed by atoms with E-state index in [0.29, 0.717) is 6.42 Å². The van der Waals surface area contributed by atoms with E-state index in [0.717, 1.165) is 6.42 Å². The molecule has 0 saturated carbocycles. The standard InChI is InChI=1S/C6H12Cl2O/c1-2-5(7)6(8)3-4-9/h5-6,9H,2-4H2,1H3/t5-,6+/m1/s1. The van der Waals surface area contributed by atoms with Gasteiger partial charge in [-0.2, -0.15) is 0 Å². The van der Waals surface area contributed by atoms with E-state index in [9.17, 15) is 0 Å². The smallest absolute Gasteiger partial charge is 0.0521 e. The molecule has 2 atom stereocenters. The molecule has 56 valence electrons. The number of aliphatic hydroxyl groups is 1. The van der Waals surface area contributed by atoms with Gasteiger partial charge in [0.1, 0.15) is 0 Å². The van der Waals surface area contributed by atoms with Crippen LogP contribution in [0.3, 0.4) is 0 Å². The molecule has 0 rings (SSSR count). The van der Waals surface area contributed by atoms with Crippen LogP contribution >= 0.6 is 23.2 Å². The van der Waals surface area contributed by atoms with Crippen molar-refractivity contribution in [2.75, 3.05) is 6.61 Å². The van der Waals surface area contributed by atoms with Crippen molar-refractivity contribution in [2.24, 2.45) is 0 Å². The summed E-state index contributed by atoms with van der Waals surface area (Å²) in [6, 6.07) is 0. The Bertz CT molecular complexity index is 68.1. The molecule has 0 spiro atoms. The first kappa shape index (κ1) is 9.54. The Morgan fingerprint density at radius 3 is 2.22 bits per heavy atom. The monoisotopic (exact) mass is 170 g/mol. The van der Waals surface area contributed by atoms with Gasteiger partial charge in [-0.1, -0.05) is 6.92 Å². The molecule has 0 aromatic heterocycles. The minimum Gasteiger partial charge on any atom is -0.396 e. The Morgan fingerprint density at radius 1 is 1.33 bits per heavy atom. The number of aliphatic hydroxyl groups excluding tert-OH is 1. The van der Waals surface area contributed by atoms with Gasteiger partial charge < -0.3 is 5.11 Å². The fraction of sp³-hybridized carbons (Fsp3) is 1.00. The normalized spacial score (nSPS) is 17.3. The van der Waals surface area contributed by atoms with Crippen LogP contribution in [0.1, 0.15) is 19.8 Å². The molecule has 0 fully saturated rings. The van der Waals surface area contributed by atoms with Gasteiger partial charge in [0.05, 0.1) is 5.38 Å². The van der Waals surface area contributed by atoms with Gasteiger partial charge in [-0.25, -0.2) is 0 Å². The summed E-state index contributed by atoms with van der Waals surface area (Å²) in [5, 5.41) is 8.36. The van der Waals surface area contributed by atoms with E-state index in [-0.39, 0.29) is 17.4 Å². The van der Waals surface area contributed by atoms with Crippen molar-refractivity contribution in [3.8, 4) is 0 Å². The lowest BCUT2D eigenvalue weighted by Crippen LogP contribution is -2.14. The Labute approximate surface area is 66.0 Å². The van der Waals surface area contributed by atoms with E-state index in [4.69, 9.17) is 28.3 Å². The third-order valence-electron chi connectivity index (χ3n) is 1.19. The highest BCUT2D eigenvalue weighted by Gasteiger charge is 2.12. The zero-order valence-electron chi connectivity index (χ0n) is 5.48. The van der Waals surface area contributed by atoms with E-state index in [2.05, 4.69) is 0 Å². The number of hydrogen-bond donors (Lipinski definition) is 1. The van der Waals surface area contributed by atoms with Crippen LogP contribution in [0.15, 0.2) is 0 Å². The van der Waals surface area contributed by atoms with Crippen LogP contribution in [0.2, 0.25) is 0 Å². The van der Waals surface area contributed by atoms with E-state index in [1.54, 1.807) is 0 Å². The number of alkyl halides is 2. The maximum Gasteiger partial charge on any atom is 0.0521 e. The van der Waals surface area contributed by atoms with Gasteiger partial charge in [0.25, 0.3) is 0 Å². The van der Waals surface area contributed by atoms with Crippen molar-refractivity contribution in [1.82, 2.24) is 0 Å². The predicted octanol–water partition coefficient (Wildman–Crippen LogP) is 1.99. The molecule has 0 aliphatic heterocycles. The summed E-state index contributed by atoms with van der Waals surface area (Å²) in [5.41, 5.74) is 0. The molecule has 0 aromatic carbocycles. The van der Waals surface area contributed by atoms with Crippen molar-refractivity contribution in [2.45, 2.75) is 30.5 Å². The van der Waals surface area contributed by atoms with Crippen LogP contribution in [0.5, 0.6) is 0 Å². The van der Waals surface area contributed by atoms with Crippen LogP contribution in [0.4, 0.5) is 0 Å². The van der Waals surface area contributed by atoms with Gasteiger partial charge in [0, 0.05) is 12.0 Å². The zero-order valence-corrected chi connectivity index (χ0v) is 6.99. The van der Waals surface area contributed by atoms with E-state index in [1.807, 2.05) is 6.92 Å². The lowest BCUT2D eigenvalue weighted by molar-refractivity contribution is 0.285. The summed E-state index contributed by atoms with van der Waals surface area (Å²) >= 11 is 11.5.